The number of ether oxygens (including phenoxy) is 1. The number of amides is 2. The summed E-state index contributed by atoms with van der Waals surface area (Å²) < 4.78 is 5.15. The Balaban J connectivity index is 1.79. The minimum atomic E-state index is -0.600. The number of halogens is 2. The van der Waals surface area contributed by atoms with Gasteiger partial charge in [-0.1, -0.05) is 35.0 Å². The van der Waals surface area contributed by atoms with Gasteiger partial charge in [-0.2, -0.15) is 0 Å². The zero-order valence-corrected chi connectivity index (χ0v) is 18.1. The lowest BCUT2D eigenvalue weighted by Crippen LogP contribution is -2.45. The smallest absolute Gasteiger partial charge is 0.238 e. The molecule has 0 bridgehead atoms. The minimum Gasteiger partial charge on any atom is -0.497 e. The second-order valence-electron chi connectivity index (χ2n) is 6.16. The Morgan fingerprint density at radius 2 is 1.97 bits per heavy atom. The summed E-state index contributed by atoms with van der Waals surface area (Å²) in [4.78, 5) is 31.5. The molecule has 6 nitrogen and oxygen atoms in total. The van der Waals surface area contributed by atoms with Gasteiger partial charge in [0.25, 0.3) is 0 Å². The molecule has 9 heteroatoms. The lowest BCUT2D eigenvalue weighted by Gasteiger charge is -2.30. The largest absolute Gasteiger partial charge is 0.497 e. The van der Waals surface area contributed by atoms with E-state index in [1.54, 1.807) is 54.5 Å². The first kappa shape index (κ1) is 21.5. The van der Waals surface area contributed by atoms with Crippen LogP contribution in [0.25, 0.3) is 0 Å². The summed E-state index contributed by atoms with van der Waals surface area (Å²) >= 11 is 13.2. The monoisotopic (exact) mass is 451 g/mol. The van der Waals surface area contributed by atoms with Crippen molar-refractivity contribution in [3.05, 3.63) is 52.5 Å². The van der Waals surface area contributed by atoms with Gasteiger partial charge in [0.15, 0.2) is 5.17 Å². The highest BCUT2D eigenvalue weighted by molar-refractivity contribution is 8.15. The molecule has 1 aliphatic heterocycles. The maximum Gasteiger partial charge on any atom is 0.238 e. The molecule has 152 valence electrons. The minimum absolute atomic E-state index is 0.0906. The summed E-state index contributed by atoms with van der Waals surface area (Å²) in [6.07, 6.45) is 0.0906. The Morgan fingerprint density at radius 3 is 2.59 bits per heavy atom. The van der Waals surface area contributed by atoms with Crippen LogP contribution in [-0.2, 0) is 9.59 Å². The molecule has 1 N–H and O–H groups in total. The molecule has 29 heavy (non-hydrogen) atoms. The van der Waals surface area contributed by atoms with Gasteiger partial charge >= 0.3 is 0 Å². The number of aliphatic imine (C=N–C) groups is 1. The Bertz CT molecular complexity index is 950. The third-order valence-electron chi connectivity index (χ3n) is 4.23. The van der Waals surface area contributed by atoms with Crippen molar-refractivity contribution in [3.8, 4) is 5.75 Å². The number of anilines is 1. The molecule has 1 atom stereocenters. The number of rotatable bonds is 5. The third-order valence-corrected chi connectivity index (χ3v) is 6.16. The summed E-state index contributed by atoms with van der Waals surface area (Å²) in [7, 11) is 1.59. The quantitative estimate of drug-likeness (QED) is 0.695. The molecule has 0 spiro atoms. The van der Waals surface area contributed by atoms with Gasteiger partial charge in [0, 0.05) is 18.7 Å². The molecule has 2 amide bonds. The van der Waals surface area contributed by atoms with E-state index in [2.05, 4.69) is 10.3 Å². The molecule has 2 aromatic rings. The predicted molar refractivity (Wildman–Crippen MR) is 119 cm³/mol. The molecule has 0 aromatic heterocycles. The highest BCUT2D eigenvalue weighted by Gasteiger charge is 2.35. The van der Waals surface area contributed by atoms with Crippen molar-refractivity contribution in [2.75, 3.05) is 19.0 Å². The van der Waals surface area contributed by atoms with E-state index in [4.69, 9.17) is 27.9 Å². The number of benzene rings is 2. The lowest BCUT2D eigenvalue weighted by molar-refractivity contribution is -0.129. The van der Waals surface area contributed by atoms with E-state index in [0.29, 0.717) is 38.9 Å². The average Bonchev–Trinajstić information content (AvgIpc) is 2.71. The first-order valence-electron chi connectivity index (χ1n) is 8.87. The number of hydrogen-bond donors (Lipinski definition) is 1. The number of hydrogen-bond acceptors (Lipinski definition) is 5. The standard InChI is InChI=1S/C20H19Cl2N3O3S/c1-3-25-18(26)11-17(19(27)23-13-6-9-15(21)16(22)10-13)29-20(25)24-12-4-7-14(28-2)8-5-12/h4-10,17H,3,11H2,1-2H3,(H,23,27). The van der Waals surface area contributed by atoms with Gasteiger partial charge in [-0.3, -0.25) is 14.5 Å². The van der Waals surface area contributed by atoms with Gasteiger partial charge in [-0.05, 0) is 49.4 Å². The SMILES string of the molecule is CCN1C(=O)CC(C(=O)Nc2ccc(Cl)c(Cl)c2)SC1=Nc1ccc(OC)cc1. The first-order valence-corrected chi connectivity index (χ1v) is 10.5. The maximum absolute atomic E-state index is 12.7. The third kappa shape index (κ3) is 5.23. The molecule has 3 rings (SSSR count). The Morgan fingerprint density at radius 1 is 1.24 bits per heavy atom. The number of nitrogens with one attached hydrogen (secondary N) is 1. The van der Waals surface area contributed by atoms with Gasteiger partial charge in [-0.15, -0.1) is 0 Å². The Kier molecular flexibility index (Phi) is 7.05. The van der Waals surface area contributed by atoms with Crippen molar-refractivity contribution in [2.45, 2.75) is 18.6 Å². The molecule has 1 heterocycles. The summed E-state index contributed by atoms with van der Waals surface area (Å²) in [6.45, 7) is 2.35. The Labute approximate surface area is 183 Å². The van der Waals surface area contributed by atoms with Crippen LogP contribution in [0.3, 0.4) is 0 Å². The number of amidine groups is 1. The second-order valence-corrected chi connectivity index (χ2v) is 8.14. The molecule has 2 aromatic carbocycles. The fourth-order valence-electron chi connectivity index (χ4n) is 2.72. The molecule has 1 aliphatic rings. The molecule has 1 saturated heterocycles. The van der Waals surface area contributed by atoms with Crippen molar-refractivity contribution in [1.29, 1.82) is 0 Å². The van der Waals surface area contributed by atoms with Gasteiger partial charge in [0.05, 0.1) is 22.8 Å². The van der Waals surface area contributed by atoms with E-state index >= 15 is 0 Å². The van der Waals surface area contributed by atoms with E-state index in [1.807, 2.05) is 6.92 Å². The van der Waals surface area contributed by atoms with Crippen LogP contribution in [-0.4, -0.2) is 40.8 Å². The topological polar surface area (TPSA) is 71.0 Å². The van der Waals surface area contributed by atoms with Crippen molar-refractivity contribution in [3.63, 3.8) is 0 Å². The highest BCUT2D eigenvalue weighted by atomic mass is 35.5. The van der Waals surface area contributed by atoms with Crippen molar-refractivity contribution in [1.82, 2.24) is 4.90 Å². The predicted octanol–water partition coefficient (Wildman–Crippen LogP) is 4.98. The van der Waals surface area contributed by atoms with Gasteiger partial charge < -0.3 is 10.1 Å². The number of carbonyl (C=O) groups is 2. The van der Waals surface area contributed by atoms with Crippen LogP contribution < -0.4 is 10.1 Å². The van der Waals surface area contributed by atoms with Crippen LogP contribution in [0.2, 0.25) is 10.0 Å². The Hall–Kier alpha value is -2.22. The van der Waals surface area contributed by atoms with Gasteiger partial charge in [0.2, 0.25) is 11.8 Å². The van der Waals surface area contributed by atoms with E-state index < -0.39 is 5.25 Å². The average molecular weight is 452 g/mol. The summed E-state index contributed by atoms with van der Waals surface area (Å²) in [5, 5.41) is 3.42. The number of thioether (sulfide) groups is 1. The number of methoxy groups -OCH3 is 1. The molecule has 1 fully saturated rings. The zero-order valence-electron chi connectivity index (χ0n) is 15.8. The van der Waals surface area contributed by atoms with Crippen molar-refractivity contribution < 1.29 is 14.3 Å². The van der Waals surface area contributed by atoms with Crippen LogP contribution in [0.15, 0.2) is 47.5 Å². The fraction of sp³-hybridized carbons (Fsp3) is 0.250. The van der Waals surface area contributed by atoms with Crippen LogP contribution >= 0.6 is 35.0 Å². The molecule has 0 radical (unpaired) electrons. The fourth-order valence-corrected chi connectivity index (χ4v) is 4.18. The molecule has 0 saturated carbocycles. The molecular weight excluding hydrogens is 433 g/mol. The summed E-state index contributed by atoms with van der Waals surface area (Å²) in [5.74, 6) is 0.278. The summed E-state index contributed by atoms with van der Waals surface area (Å²) in [6, 6.07) is 12.0. The van der Waals surface area contributed by atoms with Crippen LogP contribution in [0.5, 0.6) is 5.75 Å². The van der Waals surface area contributed by atoms with E-state index in [0.717, 1.165) is 0 Å². The van der Waals surface area contributed by atoms with Crippen LogP contribution in [0, 0.1) is 0 Å². The summed E-state index contributed by atoms with van der Waals surface area (Å²) in [5.41, 5.74) is 1.19. The second kappa shape index (κ2) is 9.52. The van der Waals surface area contributed by atoms with Crippen molar-refractivity contribution in [2.24, 2.45) is 4.99 Å². The van der Waals surface area contributed by atoms with E-state index in [-0.39, 0.29) is 18.2 Å². The van der Waals surface area contributed by atoms with Crippen molar-refractivity contribution >= 4 is 63.3 Å². The number of nitrogens with zero attached hydrogens (tertiary/aromatic N) is 2. The van der Waals surface area contributed by atoms with Crippen LogP contribution in [0.1, 0.15) is 13.3 Å². The van der Waals surface area contributed by atoms with Gasteiger partial charge in [0.1, 0.15) is 11.0 Å². The zero-order chi connectivity index (χ0) is 21.0. The lowest BCUT2D eigenvalue weighted by atomic mass is 10.2. The van der Waals surface area contributed by atoms with E-state index in [1.165, 1.54) is 11.8 Å². The number of carbonyl (C=O) groups excluding carboxylic acids is 2. The highest BCUT2D eigenvalue weighted by Crippen LogP contribution is 2.31. The van der Waals surface area contributed by atoms with E-state index in [9.17, 15) is 9.59 Å². The molecule has 0 aliphatic carbocycles. The molecular formula is C20H19Cl2N3O3S. The van der Waals surface area contributed by atoms with Crippen LogP contribution in [0.4, 0.5) is 11.4 Å². The normalized spacial score (nSPS) is 18.1. The maximum atomic E-state index is 12.7. The molecule has 1 unspecified atom stereocenters. The first-order chi connectivity index (χ1) is 13.9. The van der Waals surface area contributed by atoms with Gasteiger partial charge in [-0.25, -0.2) is 4.99 Å².